The first-order valence-corrected chi connectivity index (χ1v) is 5.51. The van der Waals surface area contributed by atoms with Crippen LogP contribution >= 0.6 is 0 Å². The van der Waals surface area contributed by atoms with E-state index in [9.17, 15) is 4.79 Å². The number of ether oxygens (including phenoxy) is 1. The molecule has 0 unspecified atom stereocenters. The molecule has 0 aliphatic rings. The van der Waals surface area contributed by atoms with Gasteiger partial charge in [-0.25, -0.2) is 10.8 Å². The fourth-order valence-electron chi connectivity index (χ4n) is 1.53. The van der Waals surface area contributed by atoms with Crippen LogP contribution in [-0.2, 0) is 16.1 Å². The van der Waals surface area contributed by atoms with Gasteiger partial charge in [-0.2, -0.15) is 0 Å². The minimum absolute atomic E-state index is 0.0412. The topological polar surface area (TPSA) is 81.6 Å². The van der Waals surface area contributed by atoms with E-state index < -0.39 is 0 Å². The first kappa shape index (κ1) is 12.5. The van der Waals surface area contributed by atoms with Crippen molar-refractivity contribution in [1.82, 2.24) is 9.99 Å². The van der Waals surface area contributed by atoms with Gasteiger partial charge in [0.15, 0.2) is 11.5 Å². The first-order chi connectivity index (χ1) is 8.56. The predicted octanol–water partition coefficient (Wildman–Crippen LogP) is 0.985. The van der Waals surface area contributed by atoms with Crippen LogP contribution in [0.25, 0.3) is 11.1 Å². The summed E-state index contributed by atoms with van der Waals surface area (Å²) in [6.45, 7) is 2.08. The second-order valence-electron chi connectivity index (χ2n) is 4.03. The van der Waals surface area contributed by atoms with Crippen LogP contribution in [0.3, 0.4) is 0 Å². The Labute approximate surface area is 104 Å². The third-order valence-corrected chi connectivity index (χ3v) is 2.45. The second kappa shape index (κ2) is 5.16. The lowest BCUT2D eigenvalue weighted by Crippen LogP contribution is -2.35. The molecule has 0 spiro atoms. The molecule has 0 saturated carbocycles. The highest BCUT2D eigenvalue weighted by atomic mass is 16.5. The summed E-state index contributed by atoms with van der Waals surface area (Å²) in [5.41, 5.74) is 2.45. The maximum absolute atomic E-state index is 11.2. The second-order valence-corrected chi connectivity index (χ2v) is 4.03. The number of hydrogen-bond acceptors (Lipinski definition) is 5. The van der Waals surface area contributed by atoms with Gasteiger partial charge in [0, 0.05) is 14.0 Å². The number of hydrazine groups is 1. The van der Waals surface area contributed by atoms with Crippen molar-refractivity contribution in [3.63, 3.8) is 0 Å². The van der Waals surface area contributed by atoms with Crippen molar-refractivity contribution >= 4 is 17.0 Å². The SMILES string of the molecule is Cc1nc2ccc(COCC(=O)N(C)N)cc2o1. The highest BCUT2D eigenvalue weighted by molar-refractivity contribution is 5.76. The lowest BCUT2D eigenvalue weighted by atomic mass is 10.2. The van der Waals surface area contributed by atoms with Gasteiger partial charge in [0.1, 0.15) is 12.1 Å². The molecule has 0 bridgehead atoms. The molecular weight excluding hydrogens is 234 g/mol. The molecule has 2 aromatic rings. The number of fused-ring (bicyclic) bond motifs is 1. The molecule has 6 nitrogen and oxygen atoms in total. The molecule has 6 heteroatoms. The van der Waals surface area contributed by atoms with Gasteiger partial charge >= 0.3 is 0 Å². The fraction of sp³-hybridized carbons (Fsp3) is 0.333. The summed E-state index contributed by atoms with van der Waals surface area (Å²) in [5.74, 6) is 5.63. The van der Waals surface area contributed by atoms with E-state index in [1.807, 2.05) is 18.2 Å². The normalized spacial score (nSPS) is 10.8. The number of likely N-dealkylation sites (N-methyl/N-ethyl adjacent to an activating group) is 1. The summed E-state index contributed by atoms with van der Waals surface area (Å²) in [7, 11) is 1.48. The van der Waals surface area contributed by atoms with E-state index in [0.29, 0.717) is 12.5 Å². The molecule has 18 heavy (non-hydrogen) atoms. The van der Waals surface area contributed by atoms with Crippen LogP contribution in [0.4, 0.5) is 0 Å². The van der Waals surface area contributed by atoms with Crippen LogP contribution in [0.15, 0.2) is 22.6 Å². The monoisotopic (exact) mass is 249 g/mol. The summed E-state index contributed by atoms with van der Waals surface area (Å²) in [5, 5.41) is 1.00. The Morgan fingerprint density at radius 2 is 2.33 bits per heavy atom. The fourth-order valence-corrected chi connectivity index (χ4v) is 1.53. The van der Waals surface area contributed by atoms with E-state index in [2.05, 4.69) is 4.98 Å². The Morgan fingerprint density at radius 1 is 1.56 bits per heavy atom. The molecule has 96 valence electrons. The van der Waals surface area contributed by atoms with Crippen LogP contribution in [0.5, 0.6) is 0 Å². The smallest absolute Gasteiger partial charge is 0.262 e. The van der Waals surface area contributed by atoms with Crippen molar-refractivity contribution in [2.45, 2.75) is 13.5 Å². The Hall–Kier alpha value is -1.92. The molecule has 1 amide bonds. The van der Waals surface area contributed by atoms with Gasteiger partial charge in [0.25, 0.3) is 5.91 Å². The Bertz CT molecular complexity index is 563. The summed E-state index contributed by atoms with van der Waals surface area (Å²) in [6, 6.07) is 5.61. The lowest BCUT2D eigenvalue weighted by Gasteiger charge is -2.09. The number of carbonyl (C=O) groups excluding carboxylic acids is 1. The number of aryl methyl sites for hydroxylation is 1. The minimum atomic E-state index is -0.272. The van der Waals surface area contributed by atoms with E-state index >= 15 is 0 Å². The maximum atomic E-state index is 11.2. The van der Waals surface area contributed by atoms with Crippen molar-refractivity contribution in [2.75, 3.05) is 13.7 Å². The summed E-state index contributed by atoms with van der Waals surface area (Å²) in [6.07, 6.45) is 0. The van der Waals surface area contributed by atoms with Crippen LogP contribution in [0.2, 0.25) is 0 Å². The molecular formula is C12H15N3O3. The Morgan fingerprint density at radius 3 is 3.06 bits per heavy atom. The molecule has 0 atom stereocenters. The van der Waals surface area contributed by atoms with Crippen molar-refractivity contribution in [1.29, 1.82) is 0 Å². The summed E-state index contributed by atoms with van der Waals surface area (Å²) >= 11 is 0. The molecule has 0 aliphatic carbocycles. The van der Waals surface area contributed by atoms with Gasteiger partial charge in [-0.05, 0) is 17.7 Å². The van der Waals surface area contributed by atoms with Crippen molar-refractivity contribution in [2.24, 2.45) is 5.84 Å². The number of hydrogen-bond donors (Lipinski definition) is 1. The van der Waals surface area contributed by atoms with Gasteiger partial charge in [0.2, 0.25) is 0 Å². The van der Waals surface area contributed by atoms with E-state index in [0.717, 1.165) is 21.7 Å². The zero-order valence-corrected chi connectivity index (χ0v) is 10.3. The Kier molecular flexibility index (Phi) is 3.59. The van der Waals surface area contributed by atoms with Gasteiger partial charge in [-0.1, -0.05) is 6.07 Å². The van der Waals surface area contributed by atoms with Crippen molar-refractivity contribution < 1.29 is 13.9 Å². The number of nitrogens with two attached hydrogens (primary N) is 1. The zero-order chi connectivity index (χ0) is 13.1. The molecule has 0 fully saturated rings. The number of carbonyl (C=O) groups is 1. The highest BCUT2D eigenvalue weighted by Crippen LogP contribution is 2.17. The highest BCUT2D eigenvalue weighted by Gasteiger charge is 2.06. The van der Waals surface area contributed by atoms with Crippen LogP contribution < -0.4 is 5.84 Å². The number of nitrogens with zero attached hydrogens (tertiary/aromatic N) is 2. The van der Waals surface area contributed by atoms with E-state index in [4.69, 9.17) is 15.0 Å². The molecule has 0 saturated heterocycles. The van der Waals surface area contributed by atoms with Gasteiger partial charge in [-0.3, -0.25) is 9.80 Å². The number of rotatable bonds is 4. The molecule has 2 rings (SSSR count). The summed E-state index contributed by atoms with van der Waals surface area (Å²) in [4.78, 5) is 15.4. The van der Waals surface area contributed by atoms with E-state index in [1.165, 1.54) is 7.05 Å². The average Bonchev–Trinajstić information content (AvgIpc) is 2.68. The van der Waals surface area contributed by atoms with Crippen molar-refractivity contribution in [3.05, 3.63) is 29.7 Å². The average molecular weight is 249 g/mol. The largest absolute Gasteiger partial charge is 0.441 e. The first-order valence-electron chi connectivity index (χ1n) is 5.51. The number of amides is 1. The standard InChI is InChI=1S/C12H15N3O3/c1-8-14-10-4-3-9(5-11(10)18-8)6-17-7-12(16)15(2)13/h3-5H,6-7,13H2,1-2H3. The van der Waals surface area contributed by atoms with E-state index in [-0.39, 0.29) is 12.5 Å². The maximum Gasteiger partial charge on any atom is 0.262 e. The van der Waals surface area contributed by atoms with Gasteiger partial charge in [0.05, 0.1) is 6.61 Å². The zero-order valence-electron chi connectivity index (χ0n) is 10.3. The van der Waals surface area contributed by atoms with Gasteiger partial charge < -0.3 is 9.15 Å². The molecule has 1 aromatic heterocycles. The third kappa shape index (κ3) is 2.85. The Balaban J connectivity index is 1.97. The summed E-state index contributed by atoms with van der Waals surface area (Å²) < 4.78 is 10.7. The van der Waals surface area contributed by atoms with Crippen LogP contribution in [0, 0.1) is 6.92 Å². The third-order valence-electron chi connectivity index (χ3n) is 2.45. The van der Waals surface area contributed by atoms with Crippen LogP contribution in [0.1, 0.15) is 11.5 Å². The molecule has 1 aromatic carbocycles. The molecule has 0 radical (unpaired) electrons. The van der Waals surface area contributed by atoms with Gasteiger partial charge in [-0.15, -0.1) is 0 Å². The molecule has 2 N–H and O–H groups in total. The van der Waals surface area contributed by atoms with E-state index in [1.54, 1.807) is 6.92 Å². The molecule has 1 heterocycles. The number of aromatic nitrogens is 1. The minimum Gasteiger partial charge on any atom is -0.441 e. The number of benzene rings is 1. The number of oxazole rings is 1. The van der Waals surface area contributed by atoms with Crippen LogP contribution in [-0.4, -0.2) is 29.6 Å². The predicted molar refractivity (Wildman–Crippen MR) is 65.4 cm³/mol. The lowest BCUT2D eigenvalue weighted by molar-refractivity contribution is -0.135. The van der Waals surface area contributed by atoms with Crippen molar-refractivity contribution in [3.8, 4) is 0 Å². The quantitative estimate of drug-likeness (QED) is 0.496. The molecule has 0 aliphatic heterocycles.